The second kappa shape index (κ2) is 5.13. The molecule has 0 unspecified atom stereocenters. The zero-order valence-electron chi connectivity index (χ0n) is 11.3. The predicted octanol–water partition coefficient (Wildman–Crippen LogP) is 2.65. The number of aromatic nitrogens is 4. The highest BCUT2D eigenvalue weighted by Crippen LogP contribution is 2.23. The summed E-state index contributed by atoms with van der Waals surface area (Å²) < 4.78 is 6.96. The number of nitrogens with zero attached hydrogens (tertiary/aromatic N) is 4. The van der Waals surface area contributed by atoms with E-state index in [9.17, 15) is 0 Å². The smallest absolute Gasteiger partial charge is 0.215 e. The van der Waals surface area contributed by atoms with Crippen molar-refractivity contribution in [3.63, 3.8) is 0 Å². The van der Waals surface area contributed by atoms with Gasteiger partial charge >= 0.3 is 0 Å². The third-order valence-electron chi connectivity index (χ3n) is 3.05. The molecular weight excluding hydrogens is 252 g/mol. The van der Waals surface area contributed by atoms with Crippen LogP contribution in [0.3, 0.4) is 0 Å². The first kappa shape index (κ1) is 12.3. The molecule has 0 aliphatic carbocycles. The lowest BCUT2D eigenvalue weighted by molar-refractivity contribution is 0.394. The van der Waals surface area contributed by atoms with Crippen molar-refractivity contribution >= 4 is 0 Å². The summed E-state index contributed by atoms with van der Waals surface area (Å²) in [4.78, 5) is 8.37. The molecule has 5 nitrogen and oxygen atoms in total. The lowest BCUT2D eigenvalue weighted by Gasteiger charge is -2.04. The molecule has 0 spiro atoms. The minimum absolute atomic E-state index is 0.647. The van der Waals surface area contributed by atoms with Crippen LogP contribution in [-0.4, -0.2) is 26.9 Å². The summed E-state index contributed by atoms with van der Waals surface area (Å²) in [5.41, 5.74) is 3.95. The molecule has 3 heterocycles. The third-order valence-corrected chi connectivity index (χ3v) is 3.05. The molecule has 0 saturated carbocycles. The van der Waals surface area contributed by atoms with E-state index in [0.29, 0.717) is 5.88 Å². The van der Waals surface area contributed by atoms with Crippen molar-refractivity contribution in [2.45, 2.75) is 6.92 Å². The van der Waals surface area contributed by atoms with E-state index in [1.54, 1.807) is 30.4 Å². The van der Waals surface area contributed by atoms with E-state index in [1.165, 1.54) is 0 Å². The molecule has 0 aliphatic rings. The van der Waals surface area contributed by atoms with Gasteiger partial charge in [-0.2, -0.15) is 5.10 Å². The fraction of sp³-hybridized carbons (Fsp3) is 0.133. The van der Waals surface area contributed by atoms with Crippen LogP contribution >= 0.6 is 0 Å². The molecule has 0 atom stereocenters. The van der Waals surface area contributed by atoms with E-state index in [1.807, 2.05) is 37.5 Å². The molecule has 5 heteroatoms. The van der Waals surface area contributed by atoms with Gasteiger partial charge in [-0.05, 0) is 25.1 Å². The first-order valence-electron chi connectivity index (χ1n) is 6.24. The number of hydrogen-bond donors (Lipinski definition) is 0. The topological polar surface area (TPSA) is 52.8 Å². The van der Waals surface area contributed by atoms with Crippen molar-refractivity contribution in [3.05, 3.63) is 54.7 Å². The largest absolute Gasteiger partial charge is 0.481 e. The van der Waals surface area contributed by atoms with Crippen LogP contribution in [0.15, 0.2) is 49.2 Å². The highest BCUT2D eigenvalue weighted by Gasteiger charge is 2.07. The molecule has 3 aromatic heterocycles. The monoisotopic (exact) mass is 266 g/mol. The van der Waals surface area contributed by atoms with Crippen molar-refractivity contribution in [3.8, 4) is 22.7 Å². The van der Waals surface area contributed by atoms with Crippen LogP contribution < -0.4 is 4.74 Å². The maximum Gasteiger partial charge on any atom is 0.215 e. The Morgan fingerprint density at radius 3 is 2.75 bits per heavy atom. The minimum Gasteiger partial charge on any atom is -0.481 e. The molecule has 0 amide bonds. The van der Waals surface area contributed by atoms with E-state index in [0.717, 1.165) is 22.4 Å². The van der Waals surface area contributed by atoms with E-state index in [2.05, 4.69) is 15.1 Å². The van der Waals surface area contributed by atoms with Gasteiger partial charge in [0.2, 0.25) is 5.88 Å². The molecule has 0 bridgehead atoms. The van der Waals surface area contributed by atoms with Crippen molar-refractivity contribution in [1.29, 1.82) is 0 Å². The molecule has 3 aromatic rings. The average Bonchev–Trinajstić information content (AvgIpc) is 2.98. The Morgan fingerprint density at radius 2 is 2.05 bits per heavy atom. The number of ether oxygens (including phenoxy) is 1. The van der Waals surface area contributed by atoms with Gasteiger partial charge in [0.05, 0.1) is 25.2 Å². The molecule has 0 aromatic carbocycles. The SMILES string of the molecule is COc1ncc(-c2cnn(-c3cccnc3)c2)cc1C. The molecular formula is C15H14N4O. The third kappa shape index (κ3) is 2.25. The molecule has 20 heavy (non-hydrogen) atoms. The Kier molecular flexibility index (Phi) is 3.16. The summed E-state index contributed by atoms with van der Waals surface area (Å²) in [6.45, 7) is 1.97. The van der Waals surface area contributed by atoms with Crippen molar-refractivity contribution in [2.24, 2.45) is 0 Å². The molecule has 0 fully saturated rings. The van der Waals surface area contributed by atoms with Crippen LogP contribution in [0, 0.1) is 6.92 Å². The summed E-state index contributed by atoms with van der Waals surface area (Å²) in [6.07, 6.45) is 9.07. The average molecular weight is 266 g/mol. The Hall–Kier alpha value is -2.69. The van der Waals surface area contributed by atoms with Gasteiger partial charge in [0, 0.05) is 35.3 Å². The van der Waals surface area contributed by atoms with Gasteiger partial charge in [0.25, 0.3) is 0 Å². The lowest BCUT2D eigenvalue weighted by atomic mass is 10.1. The van der Waals surface area contributed by atoms with Gasteiger partial charge in [0.15, 0.2) is 0 Å². The Bertz CT molecular complexity index is 722. The summed E-state index contributed by atoms with van der Waals surface area (Å²) >= 11 is 0. The van der Waals surface area contributed by atoms with Crippen LogP contribution in [0.4, 0.5) is 0 Å². The zero-order chi connectivity index (χ0) is 13.9. The molecule has 0 N–H and O–H groups in total. The molecule has 0 saturated heterocycles. The summed E-state index contributed by atoms with van der Waals surface area (Å²) in [5.74, 6) is 0.647. The van der Waals surface area contributed by atoms with E-state index < -0.39 is 0 Å². The van der Waals surface area contributed by atoms with Crippen LogP contribution in [0.1, 0.15) is 5.56 Å². The number of rotatable bonds is 3. The van der Waals surface area contributed by atoms with Crippen LogP contribution in [0.5, 0.6) is 5.88 Å². The van der Waals surface area contributed by atoms with Crippen molar-refractivity contribution < 1.29 is 4.74 Å². The van der Waals surface area contributed by atoms with Gasteiger partial charge in [-0.15, -0.1) is 0 Å². The van der Waals surface area contributed by atoms with Crippen LogP contribution in [0.2, 0.25) is 0 Å². The zero-order valence-corrected chi connectivity index (χ0v) is 11.3. The van der Waals surface area contributed by atoms with E-state index in [4.69, 9.17) is 4.74 Å². The van der Waals surface area contributed by atoms with Gasteiger partial charge in [-0.1, -0.05) is 0 Å². The number of methoxy groups -OCH3 is 1. The molecule has 0 radical (unpaired) electrons. The highest BCUT2D eigenvalue weighted by molar-refractivity contribution is 5.62. The summed E-state index contributed by atoms with van der Waals surface area (Å²) in [6, 6.07) is 5.88. The second-order valence-electron chi connectivity index (χ2n) is 4.43. The van der Waals surface area contributed by atoms with E-state index >= 15 is 0 Å². The molecule has 0 aliphatic heterocycles. The van der Waals surface area contributed by atoms with Crippen LogP contribution in [-0.2, 0) is 0 Å². The maximum atomic E-state index is 5.17. The maximum absolute atomic E-state index is 5.17. The summed E-state index contributed by atoms with van der Waals surface area (Å²) in [7, 11) is 1.62. The lowest BCUT2D eigenvalue weighted by Crippen LogP contribution is -1.94. The van der Waals surface area contributed by atoms with Crippen molar-refractivity contribution in [1.82, 2.24) is 19.7 Å². The van der Waals surface area contributed by atoms with E-state index in [-0.39, 0.29) is 0 Å². The second-order valence-corrected chi connectivity index (χ2v) is 4.43. The number of aryl methyl sites for hydroxylation is 1. The highest BCUT2D eigenvalue weighted by atomic mass is 16.5. The Morgan fingerprint density at radius 1 is 1.15 bits per heavy atom. The quantitative estimate of drug-likeness (QED) is 0.731. The fourth-order valence-electron chi connectivity index (χ4n) is 2.04. The van der Waals surface area contributed by atoms with Crippen LogP contribution in [0.25, 0.3) is 16.8 Å². The fourth-order valence-corrected chi connectivity index (χ4v) is 2.04. The molecule has 3 rings (SSSR count). The number of hydrogen-bond acceptors (Lipinski definition) is 4. The molecule has 100 valence electrons. The van der Waals surface area contributed by atoms with Gasteiger partial charge < -0.3 is 4.74 Å². The Balaban J connectivity index is 1.96. The predicted molar refractivity (Wildman–Crippen MR) is 75.9 cm³/mol. The first-order valence-corrected chi connectivity index (χ1v) is 6.24. The minimum atomic E-state index is 0.647. The standard InChI is InChI=1S/C15H14N4O/c1-11-6-12(7-17-15(11)20-2)13-8-18-19(10-13)14-4-3-5-16-9-14/h3-10H,1-2H3. The van der Waals surface area contributed by atoms with Gasteiger partial charge in [0.1, 0.15) is 0 Å². The van der Waals surface area contributed by atoms with Gasteiger partial charge in [-0.25, -0.2) is 9.67 Å². The summed E-state index contributed by atoms with van der Waals surface area (Å²) in [5, 5.41) is 4.35. The first-order chi connectivity index (χ1) is 9.78. The van der Waals surface area contributed by atoms with Gasteiger partial charge in [-0.3, -0.25) is 4.98 Å². The normalized spacial score (nSPS) is 10.5. The van der Waals surface area contributed by atoms with Crippen molar-refractivity contribution in [2.75, 3.05) is 7.11 Å². The number of pyridine rings is 2. The Labute approximate surface area is 116 Å².